The minimum atomic E-state index is -0.979. The van der Waals surface area contributed by atoms with Gasteiger partial charge in [0.25, 0.3) is 0 Å². The van der Waals surface area contributed by atoms with Crippen LogP contribution >= 0.6 is 0 Å². The molecule has 0 aliphatic heterocycles. The standard InChI is InChI=1S/C13H17N3O5/c1-2-21-11-7-6-9(8-14-11)15-13(20)16-10(17)4-3-5-12(18)19/h6-8H,2-5H2,1H3,(H,18,19)(H2,15,16,17,20). The van der Waals surface area contributed by atoms with E-state index in [0.717, 1.165) is 0 Å². The first-order valence-corrected chi connectivity index (χ1v) is 6.42. The number of carbonyl (C=O) groups excluding carboxylic acids is 2. The van der Waals surface area contributed by atoms with Gasteiger partial charge in [-0.3, -0.25) is 14.9 Å². The van der Waals surface area contributed by atoms with Gasteiger partial charge in [0.2, 0.25) is 11.8 Å². The monoisotopic (exact) mass is 295 g/mol. The number of nitrogens with one attached hydrogen (secondary N) is 2. The third-order valence-electron chi connectivity index (χ3n) is 2.33. The summed E-state index contributed by atoms with van der Waals surface area (Å²) in [6, 6.07) is 2.49. The van der Waals surface area contributed by atoms with E-state index in [4.69, 9.17) is 9.84 Å². The molecule has 0 aromatic carbocycles. The van der Waals surface area contributed by atoms with Gasteiger partial charge in [-0.2, -0.15) is 0 Å². The molecule has 0 aliphatic carbocycles. The molecule has 8 heteroatoms. The first kappa shape index (κ1) is 16.4. The number of rotatable bonds is 7. The molecule has 1 rings (SSSR count). The van der Waals surface area contributed by atoms with Crippen LogP contribution < -0.4 is 15.4 Å². The molecule has 8 nitrogen and oxygen atoms in total. The van der Waals surface area contributed by atoms with Crippen LogP contribution in [0.2, 0.25) is 0 Å². The van der Waals surface area contributed by atoms with Crippen molar-refractivity contribution in [3.63, 3.8) is 0 Å². The summed E-state index contributed by atoms with van der Waals surface area (Å²) in [5, 5.41) is 13.0. The molecule has 0 saturated carbocycles. The average molecular weight is 295 g/mol. The third-order valence-corrected chi connectivity index (χ3v) is 2.33. The molecule has 3 amide bonds. The van der Waals surface area contributed by atoms with Gasteiger partial charge < -0.3 is 15.2 Å². The Kier molecular flexibility index (Phi) is 6.66. The van der Waals surface area contributed by atoms with Gasteiger partial charge in [0.1, 0.15) is 0 Å². The normalized spacial score (nSPS) is 9.76. The lowest BCUT2D eigenvalue weighted by Crippen LogP contribution is -2.34. The van der Waals surface area contributed by atoms with Crippen molar-refractivity contribution in [1.29, 1.82) is 0 Å². The SMILES string of the molecule is CCOc1ccc(NC(=O)NC(=O)CCCC(=O)O)cn1. The molecule has 0 aliphatic rings. The molecule has 0 spiro atoms. The zero-order chi connectivity index (χ0) is 15.7. The molecule has 0 bridgehead atoms. The lowest BCUT2D eigenvalue weighted by Gasteiger charge is -2.07. The Hall–Kier alpha value is -2.64. The number of anilines is 1. The van der Waals surface area contributed by atoms with Crippen molar-refractivity contribution in [3.05, 3.63) is 18.3 Å². The molecule has 0 atom stereocenters. The Bertz CT molecular complexity index is 501. The summed E-state index contributed by atoms with van der Waals surface area (Å²) in [6.45, 7) is 2.32. The molecule has 1 aromatic rings. The number of hydrogen-bond donors (Lipinski definition) is 3. The van der Waals surface area contributed by atoms with Gasteiger partial charge in [-0.1, -0.05) is 0 Å². The summed E-state index contributed by atoms with van der Waals surface area (Å²) < 4.78 is 5.15. The first-order chi connectivity index (χ1) is 10.0. The zero-order valence-electron chi connectivity index (χ0n) is 11.6. The summed E-state index contributed by atoms with van der Waals surface area (Å²) in [5.41, 5.74) is 0.411. The number of amides is 3. The Labute approximate surface area is 121 Å². The van der Waals surface area contributed by atoms with Gasteiger partial charge in [0.15, 0.2) is 0 Å². The van der Waals surface area contributed by atoms with Crippen molar-refractivity contribution in [2.45, 2.75) is 26.2 Å². The van der Waals surface area contributed by atoms with Gasteiger partial charge in [0, 0.05) is 18.9 Å². The number of imide groups is 1. The van der Waals surface area contributed by atoms with Gasteiger partial charge in [0.05, 0.1) is 18.5 Å². The third kappa shape index (κ3) is 6.90. The van der Waals surface area contributed by atoms with Crippen LogP contribution in [0, 0.1) is 0 Å². The topological polar surface area (TPSA) is 118 Å². The van der Waals surface area contributed by atoms with E-state index in [9.17, 15) is 14.4 Å². The van der Waals surface area contributed by atoms with E-state index in [0.29, 0.717) is 18.2 Å². The van der Waals surface area contributed by atoms with Crippen LogP contribution in [0.3, 0.4) is 0 Å². The maximum atomic E-state index is 11.5. The number of nitrogens with zero attached hydrogens (tertiary/aromatic N) is 1. The predicted molar refractivity (Wildman–Crippen MR) is 74.1 cm³/mol. The number of carboxylic acids is 1. The number of pyridine rings is 1. The number of carbonyl (C=O) groups is 3. The number of carboxylic acid groups (broad SMARTS) is 1. The quantitative estimate of drug-likeness (QED) is 0.699. The highest BCUT2D eigenvalue weighted by Crippen LogP contribution is 2.11. The molecule has 0 saturated heterocycles. The van der Waals surface area contributed by atoms with Crippen molar-refractivity contribution in [3.8, 4) is 5.88 Å². The number of hydrogen-bond acceptors (Lipinski definition) is 5. The van der Waals surface area contributed by atoms with Crippen LogP contribution in [-0.4, -0.2) is 34.6 Å². The van der Waals surface area contributed by atoms with Gasteiger partial charge in [-0.25, -0.2) is 9.78 Å². The predicted octanol–water partition coefficient (Wildman–Crippen LogP) is 1.38. The van der Waals surface area contributed by atoms with Crippen LogP contribution in [-0.2, 0) is 9.59 Å². The van der Waals surface area contributed by atoms with E-state index < -0.39 is 17.9 Å². The van der Waals surface area contributed by atoms with Gasteiger partial charge >= 0.3 is 12.0 Å². The van der Waals surface area contributed by atoms with Crippen LogP contribution in [0.25, 0.3) is 0 Å². The molecule has 1 aromatic heterocycles. The lowest BCUT2D eigenvalue weighted by atomic mass is 10.2. The second kappa shape index (κ2) is 8.51. The molecule has 1 heterocycles. The van der Waals surface area contributed by atoms with Crippen LogP contribution in [0.1, 0.15) is 26.2 Å². The van der Waals surface area contributed by atoms with Crippen LogP contribution in [0.15, 0.2) is 18.3 Å². The molecule has 0 radical (unpaired) electrons. The first-order valence-electron chi connectivity index (χ1n) is 6.42. The minimum absolute atomic E-state index is 0.0265. The van der Waals surface area contributed by atoms with Crippen molar-refractivity contribution in [2.75, 3.05) is 11.9 Å². The van der Waals surface area contributed by atoms with Crippen molar-refractivity contribution in [1.82, 2.24) is 10.3 Å². The Morgan fingerprint density at radius 1 is 1.29 bits per heavy atom. The molecule has 0 fully saturated rings. The molecule has 3 N–H and O–H groups in total. The highest BCUT2D eigenvalue weighted by atomic mass is 16.5. The maximum Gasteiger partial charge on any atom is 0.325 e. The smallest absolute Gasteiger partial charge is 0.325 e. The van der Waals surface area contributed by atoms with Crippen molar-refractivity contribution >= 4 is 23.6 Å². The second-order valence-electron chi connectivity index (χ2n) is 4.07. The molecular weight excluding hydrogens is 278 g/mol. The molecule has 0 unspecified atom stereocenters. The zero-order valence-corrected chi connectivity index (χ0v) is 11.6. The summed E-state index contributed by atoms with van der Waals surface area (Å²) in [5.74, 6) is -1.08. The van der Waals surface area contributed by atoms with E-state index in [-0.39, 0.29) is 19.3 Å². The fourth-order valence-electron chi connectivity index (χ4n) is 1.44. The Morgan fingerprint density at radius 2 is 2.05 bits per heavy atom. The minimum Gasteiger partial charge on any atom is -0.481 e. The number of urea groups is 1. The fraction of sp³-hybridized carbons (Fsp3) is 0.385. The number of aliphatic carboxylic acids is 1. The largest absolute Gasteiger partial charge is 0.481 e. The van der Waals surface area contributed by atoms with Crippen molar-refractivity contribution in [2.24, 2.45) is 0 Å². The fourth-order valence-corrected chi connectivity index (χ4v) is 1.44. The summed E-state index contributed by atoms with van der Waals surface area (Å²) in [6.07, 6.45) is 1.44. The molecule has 21 heavy (non-hydrogen) atoms. The van der Waals surface area contributed by atoms with Crippen molar-refractivity contribution < 1.29 is 24.2 Å². The second-order valence-corrected chi connectivity index (χ2v) is 4.07. The highest BCUT2D eigenvalue weighted by molar-refractivity contribution is 6.01. The summed E-state index contributed by atoms with van der Waals surface area (Å²) in [4.78, 5) is 37.1. The summed E-state index contributed by atoms with van der Waals surface area (Å²) in [7, 11) is 0. The Balaban J connectivity index is 2.35. The van der Waals surface area contributed by atoms with Crippen LogP contribution in [0.5, 0.6) is 5.88 Å². The van der Waals surface area contributed by atoms with Crippen LogP contribution in [0.4, 0.5) is 10.5 Å². The van der Waals surface area contributed by atoms with Gasteiger partial charge in [-0.05, 0) is 19.4 Å². The maximum absolute atomic E-state index is 11.5. The van der Waals surface area contributed by atoms with E-state index in [1.807, 2.05) is 6.92 Å². The summed E-state index contributed by atoms with van der Waals surface area (Å²) >= 11 is 0. The molecule has 114 valence electrons. The van der Waals surface area contributed by atoms with E-state index >= 15 is 0 Å². The molecular formula is C13H17N3O5. The van der Waals surface area contributed by atoms with Gasteiger partial charge in [-0.15, -0.1) is 0 Å². The Morgan fingerprint density at radius 3 is 2.62 bits per heavy atom. The number of ether oxygens (including phenoxy) is 1. The lowest BCUT2D eigenvalue weighted by molar-refractivity contribution is -0.137. The van der Waals surface area contributed by atoms with E-state index in [2.05, 4.69) is 15.6 Å². The van der Waals surface area contributed by atoms with E-state index in [1.165, 1.54) is 6.20 Å². The highest BCUT2D eigenvalue weighted by Gasteiger charge is 2.09. The average Bonchev–Trinajstić information content (AvgIpc) is 2.40. The van der Waals surface area contributed by atoms with E-state index in [1.54, 1.807) is 12.1 Å². The number of aromatic nitrogens is 1.